The van der Waals surface area contributed by atoms with E-state index in [1.54, 1.807) is 0 Å². The van der Waals surface area contributed by atoms with Crippen molar-refractivity contribution in [3.05, 3.63) is 66.0 Å². The van der Waals surface area contributed by atoms with Crippen molar-refractivity contribution in [1.82, 2.24) is 20.1 Å². The molecular formula is C25H35N5. The van der Waals surface area contributed by atoms with Gasteiger partial charge in [0.1, 0.15) is 0 Å². The van der Waals surface area contributed by atoms with Gasteiger partial charge in [0.05, 0.1) is 0 Å². The summed E-state index contributed by atoms with van der Waals surface area (Å²) in [7, 11) is 0. The Morgan fingerprint density at radius 1 is 1.10 bits per heavy atom. The second kappa shape index (κ2) is 10.6. The predicted octanol–water partition coefficient (Wildman–Crippen LogP) is 3.58. The highest BCUT2D eigenvalue weighted by molar-refractivity contribution is 5.80. The first kappa shape index (κ1) is 20.9. The van der Waals surface area contributed by atoms with Crippen LogP contribution in [0.25, 0.3) is 0 Å². The van der Waals surface area contributed by atoms with Crippen molar-refractivity contribution in [2.24, 2.45) is 10.9 Å². The largest absolute Gasteiger partial charge is 0.357 e. The Morgan fingerprint density at radius 2 is 1.97 bits per heavy atom. The molecule has 5 heteroatoms. The number of hydrogen-bond donors (Lipinski definition) is 1. The molecule has 160 valence electrons. The van der Waals surface area contributed by atoms with Crippen LogP contribution in [-0.4, -0.2) is 59.5 Å². The molecular weight excluding hydrogens is 370 g/mol. The standard InChI is InChI=1S/C25H35N5/c1-2-26-25(28-16-13-23-12-6-7-15-27-23)30-18-14-24-22(20-30)11-8-17-29(24)19-21-9-4-3-5-10-21/h3-7,9-10,12,15,22,24H,2,8,11,13-14,16-20H2,1H3,(H,26,28). The third kappa shape index (κ3) is 5.39. The van der Waals surface area contributed by atoms with Crippen molar-refractivity contribution in [2.45, 2.75) is 45.2 Å². The van der Waals surface area contributed by atoms with Gasteiger partial charge in [0.15, 0.2) is 5.96 Å². The van der Waals surface area contributed by atoms with E-state index in [-0.39, 0.29) is 0 Å². The van der Waals surface area contributed by atoms with E-state index in [1.807, 2.05) is 18.3 Å². The number of benzene rings is 1. The summed E-state index contributed by atoms with van der Waals surface area (Å²) in [6.07, 6.45) is 6.61. The first-order valence-electron chi connectivity index (χ1n) is 11.5. The molecule has 0 spiro atoms. The van der Waals surface area contributed by atoms with Gasteiger partial charge in [-0.15, -0.1) is 0 Å². The molecule has 1 N–H and O–H groups in total. The number of piperidine rings is 2. The van der Waals surface area contributed by atoms with Crippen LogP contribution in [0.4, 0.5) is 0 Å². The summed E-state index contributed by atoms with van der Waals surface area (Å²) < 4.78 is 0. The summed E-state index contributed by atoms with van der Waals surface area (Å²) in [5.74, 6) is 1.81. The van der Waals surface area contributed by atoms with Crippen molar-refractivity contribution in [3.8, 4) is 0 Å². The minimum absolute atomic E-state index is 0.701. The normalized spacial score (nSPS) is 22.6. The summed E-state index contributed by atoms with van der Waals surface area (Å²) >= 11 is 0. The molecule has 1 aromatic heterocycles. The maximum absolute atomic E-state index is 4.93. The zero-order valence-electron chi connectivity index (χ0n) is 18.2. The average molecular weight is 406 g/mol. The van der Waals surface area contributed by atoms with Gasteiger partial charge in [-0.25, -0.2) is 0 Å². The van der Waals surface area contributed by atoms with Crippen molar-refractivity contribution in [3.63, 3.8) is 0 Å². The molecule has 1 aromatic carbocycles. The second-order valence-corrected chi connectivity index (χ2v) is 8.47. The molecule has 4 rings (SSSR count). The van der Waals surface area contributed by atoms with Crippen molar-refractivity contribution >= 4 is 5.96 Å². The van der Waals surface area contributed by atoms with Crippen LogP contribution in [0.2, 0.25) is 0 Å². The Labute approximate surface area is 181 Å². The molecule has 0 bridgehead atoms. The summed E-state index contributed by atoms with van der Waals surface area (Å²) in [5, 5.41) is 3.53. The number of hydrogen-bond acceptors (Lipinski definition) is 3. The predicted molar refractivity (Wildman–Crippen MR) is 123 cm³/mol. The summed E-state index contributed by atoms with van der Waals surface area (Å²) in [4.78, 5) is 14.6. The fourth-order valence-electron chi connectivity index (χ4n) is 4.96. The van der Waals surface area contributed by atoms with Gasteiger partial charge in [0.25, 0.3) is 0 Å². The summed E-state index contributed by atoms with van der Waals surface area (Å²) in [6.45, 7) is 8.36. The number of aromatic nitrogens is 1. The minimum atomic E-state index is 0.701. The fourth-order valence-corrected chi connectivity index (χ4v) is 4.96. The van der Waals surface area contributed by atoms with Crippen molar-refractivity contribution in [1.29, 1.82) is 0 Å². The number of nitrogens with zero attached hydrogens (tertiary/aromatic N) is 4. The van der Waals surface area contributed by atoms with Crippen LogP contribution < -0.4 is 5.32 Å². The Kier molecular flexibility index (Phi) is 7.35. The SMILES string of the molecule is CCNC(=NCCc1ccccn1)N1CCC2C(CCCN2Cc2ccccc2)C1. The lowest BCUT2D eigenvalue weighted by Gasteiger charge is -2.48. The smallest absolute Gasteiger partial charge is 0.193 e. The number of guanidine groups is 1. The Bertz CT molecular complexity index is 792. The maximum atomic E-state index is 4.93. The third-order valence-electron chi connectivity index (χ3n) is 6.40. The van der Waals surface area contributed by atoms with Crippen LogP contribution in [0, 0.1) is 5.92 Å². The van der Waals surface area contributed by atoms with E-state index in [0.29, 0.717) is 6.04 Å². The Hall–Kier alpha value is -2.40. The first-order valence-corrected chi connectivity index (χ1v) is 11.5. The number of pyridine rings is 1. The van der Waals surface area contributed by atoms with Crippen LogP contribution in [0.1, 0.15) is 37.4 Å². The second-order valence-electron chi connectivity index (χ2n) is 8.47. The van der Waals surface area contributed by atoms with E-state index < -0.39 is 0 Å². The number of fused-ring (bicyclic) bond motifs is 1. The molecule has 2 fully saturated rings. The number of rotatable bonds is 6. The number of aliphatic imine (C=N–C) groups is 1. The molecule has 0 saturated carbocycles. The molecule has 3 heterocycles. The number of likely N-dealkylation sites (tertiary alicyclic amines) is 2. The van der Waals surface area contributed by atoms with E-state index >= 15 is 0 Å². The molecule has 30 heavy (non-hydrogen) atoms. The van der Waals surface area contributed by atoms with Gasteiger partial charge < -0.3 is 10.2 Å². The highest BCUT2D eigenvalue weighted by atomic mass is 15.3. The molecule has 2 aliphatic rings. The monoisotopic (exact) mass is 405 g/mol. The van der Waals surface area contributed by atoms with Crippen LogP contribution in [0.15, 0.2) is 59.7 Å². The summed E-state index contributed by atoms with van der Waals surface area (Å²) in [6, 6.07) is 17.7. The molecule has 2 unspecified atom stereocenters. The van der Waals surface area contributed by atoms with Gasteiger partial charge in [0, 0.05) is 57.1 Å². The topological polar surface area (TPSA) is 43.8 Å². The van der Waals surface area contributed by atoms with Gasteiger partial charge >= 0.3 is 0 Å². The van der Waals surface area contributed by atoms with Gasteiger partial charge in [-0.2, -0.15) is 0 Å². The third-order valence-corrected chi connectivity index (χ3v) is 6.40. The molecule has 5 nitrogen and oxygen atoms in total. The van der Waals surface area contributed by atoms with E-state index in [1.165, 1.54) is 31.4 Å². The minimum Gasteiger partial charge on any atom is -0.357 e. The molecule has 2 atom stereocenters. The zero-order valence-corrected chi connectivity index (χ0v) is 18.2. The van der Waals surface area contributed by atoms with Crippen molar-refractivity contribution in [2.75, 3.05) is 32.7 Å². The van der Waals surface area contributed by atoms with E-state index in [9.17, 15) is 0 Å². The first-order chi connectivity index (χ1) is 14.8. The Morgan fingerprint density at radius 3 is 2.77 bits per heavy atom. The van der Waals surface area contributed by atoms with E-state index in [0.717, 1.165) is 56.7 Å². The lowest BCUT2D eigenvalue weighted by Crippen LogP contribution is -2.56. The van der Waals surface area contributed by atoms with Crippen LogP contribution in [0.3, 0.4) is 0 Å². The molecule has 0 amide bonds. The zero-order chi connectivity index (χ0) is 20.6. The fraction of sp³-hybridized carbons (Fsp3) is 0.520. The lowest BCUT2D eigenvalue weighted by atomic mass is 9.83. The molecule has 2 aromatic rings. The lowest BCUT2D eigenvalue weighted by molar-refractivity contribution is 0.0372. The maximum Gasteiger partial charge on any atom is 0.193 e. The molecule has 0 aliphatic carbocycles. The van der Waals surface area contributed by atoms with Gasteiger partial charge in [-0.1, -0.05) is 36.4 Å². The molecule has 0 radical (unpaired) electrons. The van der Waals surface area contributed by atoms with Crippen LogP contribution in [-0.2, 0) is 13.0 Å². The average Bonchev–Trinajstić information content (AvgIpc) is 2.80. The highest BCUT2D eigenvalue weighted by Gasteiger charge is 2.36. The van der Waals surface area contributed by atoms with Gasteiger partial charge in [-0.05, 0) is 56.3 Å². The highest BCUT2D eigenvalue weighted by Crippen LogP contribution is 2.31. The summed E-state index contributed by atoms with van der Waals surface area (Å²) in [5.41, 5.74) is 2.55. The van der Waals surface area contributed by atoms with E-state index in [4.69, 9.17) is 4.99 Å². The number of nitrogens with one attached hydrogen (secondary N) is 1. The molecule has 2 aliphatic heterocycles. The van der Waals surface area contributed by atoms with Crippen LogP contribution in [0.5, 0.6) is 0 Å². The van der Waals surface area contributed by atoms with Gasteiger partial charge in [-0.3, -0.25) is 14.9 Å². The van der Waals surface area contributed by atoms with Crippen molar-refractivity contribution < 1.29 is 0 Å². The van der Waals surface area contributed by atoms with Crippen LogP contribution >= 0.6 is 0 Å². The molecule has 2 saturated heterocycles. The quantitative estimate of drug-likeness (QED) is 0.589. The van der Waals surface area contributed by atoms with E-state index in [2.05, 4.69) is 63.4 Å². The van der Waals surface area contributed by atoms with Gasteiger partial charge in [0.2, 0.25) is 0 Å². The Balaban J connectivity index is 1.36.